The monoisotopic (exact) mass is 281 g/mol. The van der Waals surface area contributed by atoms with E-state index >= 15 is 0 Å². The Labute approximate surface area is 119 Å². The summed E-state index contributed by atoms with van der Waals surface area (Å²) in [5.74, 6) is 0.793. The van der Waals surface area contributed by atoms with E-state index in [4.69, 9.17) is 20.8 Å². The van der Waals surface area contributed by atoms with Crippen molar-refractivity contribution >= 4 is 11.5 Å². The van der Waals surface area contributed by atoms with Crippen LogP contribution in [0.1, 0.15) is 24.8 Å². The number of anilines is 1. The number of hydrogen-bond donors (Lipinski definition) is 3. The van der Waals surface area contributed by atoms with Crippen LogP contribution in [0.5, 0.6) is 5.75 Å². The van der Waals surface area contributed by atoms with Crippen molar-refractivity contribution in [2.75, 3.05) is 32.2 Å². The molecule has 112 valence electrons. The van der Waals surface area contributed by atoms with E-state index in [1.165, 1.54) is 0 Å². The number of nitrogens with two attached hydrogens (primary N) is 1. The van der Waals surface area contributed by atoms with Crippen molar-refractivity contribution in [3.8, 4) is 5.75 Å². The number of methoxy groups -OCH3 is 1. The van der Waals surface area contributed by atoms with Gasteiger partial charge in [0.25, 0.3) is 0 Å². The molecule has 0 amide bonds. The van der Waals surface area contributed by atoms with Crippen LogP contribution >= 0.6 is 0 Å². The summed E-state index contributed by atoms with van der Waals surface area (Å²) in [6.07, 6.45) is 2.73. The van der Waals surface area contributed by atoms with Gasteiger partial charge in [0, 0.05) is 31.8 Å². The number of amidine groups is 1. The van der Waals surface area contributed by atoms with Gasteiger partial charge in [0.1, 0.15) is 5.75 Å². The maximum Gasteiger partial charge on any atom is 0.172 e. The molecule has 6 heteroatoms. The van der Waals surface area contributed by atoms with Gasteiger partial charge in [-0.1, -0.05) is 5.16 Å². The van der Waals surface area contributed by atoms with Crippen LogP contribution in [0.3, 0.4) is 0 Å². The number of oxime groups is 1. The van der Waals surface area contributed by atoms with Crippen LogP contribution < -0.4 is 15.4 Å². The topological polar surface area (TPSA) is 91.3 Å². The fourth-order valence-corrected chi connectivity index (χ4v) is 1.98. The summed E-state index contributed by atoms with van der Waals surface area (Å²) in [7, 11) is 3.55. The minimum absolute atomic E-state index is 0.0739. The molecule has 0 aliphatic rings. The SMILES string of the molecule is COc1ccc(/C(N)=N/O)c(N(C)CCCCCO)c1. The molecule has 0 fully saturated rings. The Morgan fingerprint density at radius 3 is 2.70 bits per heavy atom. The van der Waals surface area contributed by atoms with E-state index < -0.39 is 0 Å². The Hall–Kier alpha value is -1.95. The predicted octanol–water partition coefficient (Wildman–Crippen LogP) is 1.39. The van der Waals surface area contributed by atoms with Crippen molar-refractivity contribution in [2.24, 2.45) is 10.9 Å². The highest BCUT2D eigenvalue weighted by Crippen LogP contribution is 2.25. The first-order chi connectivity index (χ1) is 9.63. The van der Waals surface area contributed by atoms with Gasteiger partial charge in [0.2, 0.25) is 0 Å². The molecule has 0 radical (unpaired) electrons. The molecule has 0 saturated heterocycles. The molecular formula is C14H23N3O3. The van der Waals surface area contributed by atoms with Crippen molar-refractivity contribution in [1.82, 2.24) is 0 Å². The van der Waals surface area contributed by atoms with Gasteiger partial charge < -0.3 is 25.7 Å². The molecule has 6 nitrogen and oxygen atoms in total. The van der Waals surface area contributed by atoms with Gasteiger partial charge in [-0.3, -0.25) is 0 Å². The average Bonchev–Trinajstić information content (AvgIpc) is 2.49. The lowest BCUT2D eigenvalue weighted by molar-refractivity contribution is 0.283. The minimum atomic E-state index is 0.0739. The zero-order valence-electron chi connectivity index (χ0n) is 12.0. The third kappa shape index (κ3) is 4.31. The molecule has 1 aromatic carbocycles. The van der Waals surface area contributed by atoms with E-state index in [1.807, 2.05) is 18.0 Å². The van der Waals surface area contributed by atoms with Gasteiger partial charge in [0.05, 0.1) is 12.8 Å². The standard InChI is InChI=1S/C14H23N3O3/c1-17(8-4-3-5-9-18)13-10-11(20-2)6-7-12(13)14(15)16-19/h6-7,10,18-19H,3-5,8-9H2,1-2H3,(H2,15,16). The van der Waals surface area contributed by atoms with Gasteiger partial charge in [-0.05, 0) is 31.4 Å². The van der Waals surface area contributed by atoms with Crippen molar-refractivity contribution in [1.29, 1.82) is 0 Å². The maximum atomic E-state index is 8.85. The predicted molar refractivity (Wildman–Crippen MR) is 79.7 cm³/mol. The Kier molecular flexibility index (Phi) is 6.66. The van der Waals surface area contributed by atoms with E-state index in [2.05, 4.69) is 5.16 Å². The summed E-state index contributed by atoms with van der Waals surface area (Å²) in [5.41, 5.74) is 7.22. The van der Waals surface area contributed by atoms with Crippen molar-refractivity contribution in [3.05, 3.63) is 23.8 Å². The molecule has 20 heavy (non-hydrogen) atoms. The fourth-order valence-electron chi connectivity index (χ4n) is 1.98. The van der Waals surface area contributed by atoms with E-state index in [0.29, 0.717) is 5.56 Å². The number of hydrogen-bond acceptors (Lipinski definition) is 5. The first-order valence-corrected chi connectivity index (χ1v) is 6.62. The summed E-state index contributed by atoms with van der Waals surface area (Å²) in [6, 6.07) is 5.41. The number of aliphatic hydroxyl groups excluding tert-OH is 1. The third-order valence-corrected chi connectivity index (χ3v) is 3.15. The van der Waals surface area contributed by atoms with Gasteiger partial charge >= 0.3 is 0 Å². The average molecular weight is 281 g/mol. The van der Waals surface area contributed by atoms with Crippen molar-refractivity contribution < 1.29 is 15.1 Å². The molecular weight excluding hydrogens is 258 g/mol. The molecule has 0 atom stereocenters. The molecule has 1 rings (SSSR count). The number of ether oxygens (including phenoxy) is 1. The lowest BCUT2D eigenvalue weighted by Gasteiger charge is -2.22. The summed E-state index contributed by atoms with van der Waals surface area (Å²) < 4.78 is 5.21. The van der Waals surface area contributed by atoms with Gasteiger partial charge in [-0.25, -0.2) is 0 Å². The summed E-state index contributed by atoms with van der Waals surface area (Å²) >= 11 is 0. The van der Waals surface area contributed by atoms with E-state index in [9.17, 15) is 0 Å². The van der Waals surface area contributed by atoms with Gasteiger partial charge in [0.15, 0.2) is 5.84 Å². The largest absolute Gasteiger partial charge is 0.497 e. The zero-order valence-corrected chi connectivity index (χ0v) is 12.0. The number of nitrogens with zero attached hydrogens (tertiary/aromatic N) is 2. The second-order valence-electron chi connectivity index (χ2n) is 4.57. The first kappa shape index (κ1) is 16.1. The number of unbranched alkanes of at least 4 members (excludes halogenated alkanes) is 2. The second-order valence-corrected chi connectivity index (χ2v) is 4.57. The van der Waals surface area contributed by atoms with Crippen LogP contribution in [0, 0.1) is 0 Å². The van der Waals surface area contributed by atoms with Crippen LogP contribution in [0.2, 0.25) is 0 Å². The van der Waals surface area contributed by atoms with Crippen LogP contribution in [0.15, 0.2) is 23.4 Å². The highest BCUT2D eigenvalue weighted by molar-refractivity contribution is 6.02. The molecule has 0 aliphatic heterocycles. The normalized spacial score (nSPS) is 11.4. The van der Waals surface area contributed by atoms with E-state index in [1.54, 1.807) is 19.2 Å². The van der Waals surface area contributed by atoms with Gasteiger partial charge in [-0.2, -0.15) is 0 Å². The molecule has 0 aliphatic carbocycles. The highest BCUT2D eigenvalue weighted by Gasteiger charge is 2.12. The van der Waals surface area contributed by atoms with Crippen molar-refractivity contribution in [3.63, 3.8) is 0 Å². The molecule has 0 aromatic heterocycles. The fraction of sp³-hybridized carbons (Fsp3) is 0.500. The third-order valence-electron chi connectivity index (χ3n) is 3.15. The molecule has 0 heterocycles. The Balaban J connectivity index is 2.88. The highest BCUT2D eigenvalue weighted by atomic mass is 16.5. The number of rotatable bonds is 8. The molecule has 1 aromatic rings. The maximum absolute atomic E-state index is 8.85. The zero-order chi connectivity index (χ0) is 15.0. The van der Waals surface area contributed by atoms with Crippen LogP contribution in [-0.2, 0) is 0 Å². The minimum Gasteiger partial charge on any atom is -0.497 e. The summed E-state index contributed by atoms with van der Waals surface area (Å²) in [6.45, 7) is 1.04. The first-order valence-electron chi connectivity index (χ1n) is 6.62. The lowest BCUT2D eigenvalue weighted by atomic mass is 10.1. The molecule has 0 unspecified atom stereocenters. The van der Waals surface area contributed by atoms with E-state index in [-0.39, 0.29) is 12.4 Å². The number of benzene rings is 1. The summed E-state index contributed by atoms with van der Waals surface area (Å²) in [5, 5.41) is 20.7. The number of aliphatic hydroxyl groups is 1. The summed E-state index contributed by atoms with van der Waals surface area (Å²) in [4.78, 5) is 2.03. The van der Waals surface area contributed by atoms with Crippen LogP contribution in [-0.4, -0.2) is 43.5 Å². The Morgan fingerprint density at radius 1 is 1.35 bits per heavy atom. The van der Waals surface area contributed by atoms with Crippen molar-refractivity contribution in [2.45, 2.75) is 19.3 Å². The van der Waals surface area contributed by atoms with Gasteiger partial charge in [-0.15, -0.1) is 0 Å². The van der Waals surface area contributed by atoms with Crippen LogP contribution in [0.4, 0.5) is 5.69 Å². The van der Waals surface area contributed by atoms with Crippen LogP contribution in [0.25, 0.3) is 0 Å². The molecule has 0 spiro atoms. The molecule has 4 N–H and O–H groups in total. The van der Waals surface area contributed by atoms with E-state index in [0.717, 1.165) is 37.2 Å². The quantitative estimate of drug-likeness (QED) is 0.220. The molecule has 0 bridgehead atoms. The second kappa shape index (κ2) is 8.27. The molecule has 0 saturated carbocycles. The lowest BCUT2D eigenvalue weighted by Crippen LogP contribution is -2.24. The Bertz CT molecular complexity index is 449. The smallest absolute Gasteiger partial charge is 0.172 e. The Morgan fingerprint density at radius 2 is 2.10 bits per heavy atom.